The van der Waals surface area contributed by atoms with Crippen LogP contribution in [0.2, 0.25) is 0 Å². The highest BCUT2D eigenvalue weighted by molar-refractivity contribution is 8.93. The molecule has 0 radical (unpaired) electrons. The van der Waals surface area contributed by atoms with Crippen LogP contribution in [0.1, 0.15) is 42.6 Å². The molecule has 0 unspecified atom stereocenters. The minimum absolute atomic E-state index is 0. The summed E-state index contributed by atoms with van der Waals surface area (Å²) in [5.41, 5.74) is 4.42. The molecule has 1 aromatic heterocycles. The average Bonchev–Trinajstić information content (AvgIpc) is 3.07. The quantitative estimate of drug-likeness (QED) is 0.618. The maximum absolute atomic E-state index is 8.41. The van der Waals surface area contributed by atoms with Gasteiger partial charge in [-0.2, -0.15) is 0 Å². The molecule has 122 valence electrons. The first-order valence-electron chi connectivity index (χ1n) is 8.43. The molecule has 0 amide bonds. The second-order valence-corrected chi connectivity index (χ2v) is 6.83. The van der Waals surface area contributed by atoms with Crippen LogP contribution in [-0.2, 0) is 12.0 Å². The summed E-state index contributed by atoms with van der Waals surface area (Å²) in [7, 11) is 0. The molecule has 3 nitrogen and oxygen atoms in total. The zero-order valence-corrected chi connectivity index (χ0v) is 15.2. The van der Waals surface area contributed by atoms with Gasteiger partial charge in [0, 0.05) is 11.9 Å². The van der Waals surface area contributed by atoms with Gasteiger partial charge in [0.1, 0.15) is 5.82 Å². The molecule has 1 N–H and O–H groups in total. The number of nitrogens with zero attached hydrogens (tertiary/aromatic N) is 2. The third-order valence-electron chi connectivity index (χ3n) is 5.67. The maximum Gasteiger partial charge on any atom is 0.156 e. The van der Waals surface area contributed by atoms with Crippen LogP contribution < -0.4 is 5.49 Å². The number of halogens is 1. The van der Waals surface area contributed by atoms with Crippen molar-refractivity contribution in [2.24, 2.45) is 0 Å². The number of fused-ring (bicyclic) bond motifs is 6. The normalized spacial score (nSPS) is 17.3. The number of hydrogen-bond acceptors (Lipinski definition) is 2. The summed E-state index contributed by atoms with van der Waals surface area (Å²) in [6, 6.07) is 17.0. The van der Waals surface area contributed by atoms with Crippen LogP contribution in [0.3, 0.4) is 0 Å². The van der Waals surface area contributed by atoms with Crippen LogP contribution in [0, 0.1) is 5.41 Å². The summed E-state index contributed by atoms with van der Waals surface area (Å²) in [6.07, 6.45) is 4.79. The van der Waals surface area contributed by atoms with E-state index in [0.29, 0.717) is 5.49 Å². The molecule has 1 saturated carbocycles. The molecule has 2 aromatic carbocycles. The molecule has 0 saturated heterocycles. The van der Waals surface area contributed by atoms with Crippen molar-refractivity contribution < 1.29 is 0 Å². The molecule has 2 aliphatic rings. The Hall–Kier alpha value is -1.94. The fourth-order valence-corrected chi connectivity index (χ4v) is 4.66. The van der Waals surface area contributed by atoms with Crippen LogP contribution in [0.25, 0.3) is 10.9 Å². The van der Waals surface area contributed by atoms with Crippen molar-refractivity contribution >= 4 is 27.9 Å². The van der Waals surface area contributed by atoms with Crippen LogP contribution in [0.5, 0.6) is 0 Å². The second-order valence-electron chi connectivity index (χ2n) is 6.83. The molecule has 24 heavy (non-hydrogen) atoms. The Bertz CT molecular complexity index is 984. The van der Waals surface area contributed by atoms with E-state index < -0.39 is 0 Å². The van der Waals surface area contributed by atoms with Crippen molar-refractivity contribution in [3.63, 3.8) is 0 Å². The SMILES string of the molecule is Br.N=c1nc2n(c3ccccc13)Cc1ccccc1C21CCCC1. The van der Waals surface area contributed by atoms with Crippen molar-refractivity contribution in [2.45, 2.75) is 37.6 Å². The molecule has 2 heterocycles. The third kappa shape index (κ3) is 1.95. The Morgan fingerprint density at radius 3 is 2.50 bits per heavy atom. The highest BCUT2D eigenvalue weighted by atomic mass is 79.9. The van der Waals surface area contributed by atoms with Crippen molar-refractivity contribution in [3.05, 3.63) is 71.0 Å². The molecule has 1 spiro atoms. The van der Waals surface area contributed by atoms with E-state index >= 15 is 0 Å². The van der Waals surface area contributed by atoms with Crippen molar-refractivity contribution in [3.8, 4) is 0 Å². The first-order valence-corrected chi connectivity index (χ1v) is 8.43. The first-order chi connectivity index (χ1) is 11.3. The van der Waals surface area contributed by atoms with Crippen LogP contribution in [-0.4, -0.2) is 9.55 Å². The van der Waals surface area contributed by atoms with Crippen LogP contribution in [0.4, 0.5) is 0 Å². The number of nitrogens with one attached hydrogen (secondary N) is 1. The van der Waals surface area contributed by atoms with E-state index in [-0.39, 0.29) is 22.4 Å². The Kier molecular flexibility index (Phi) is 3.61. The lowest BCUT2D eigenvalue weighted by molar-refractivity contribution is 0.440. The van der Waals surface area contributed by atoms with Gasteiger partial charge in [-0.05, 0) is 36.1 Å². The van der Waals surface area contributed by atoms with Gasteiger partial charge >= 0.3 is 0 Å². The van der Waals surface area contributed by atoms with Gasteiger partial charge in [0.15, 0.2) is 5.49 Å². The summed E-state index contributed by atoms with van der Waals surface area (Å²) in [5, 5.41) is 9.36. The number of aromatic nitrogens is 2. The van der Waals surface area contributed by atoms with E-state index in [1.54, 1.807) is 0 Å². The highest BCUT2D eigenvalue weighted by Gasteiger charge is 2.44. The molecule has 1 aliphatic carbocycles. The van der Waals surface area contributed by atoms with Crippen molar-refractivity contribution in [1.29, 1.82) is 5.41 Å². The van der Waals surface area contributed by atoms with E-state index in [1.807, 2.05) is 12.1 Å². The predicted molar refractivity (Wildman–Crippen MR) is 101 cm³/mol. The maximum atomic E-state index is 8.41. The van der Waals surface area contributed by atoms with Gasteiger partial charge in [0.25, 0.3) is 0 Å². The monoisotopic (exact) mass is 381 g/mol. The Balaban J connectivity index is 0.00000146. The zero-order valence-electron chi connectivity index (χ0n) is 13.5. The van der Waals surface area contributed by atoms with Gasteiger partial charge < -0.3 is 4.57 Å². The summed E-state index contributed by atoms with van der Waals surface area (Å²) < 4.78 is 2.36. The summed E-state index contributed by atoms with van der Waals surface area (Å²) in [4.78, 5) is 4.81. The topological polar surface area (TPSA) is 41.7 Å². The molecular weight excluding hydrogens is 362 g/mol. The molecule has 1 fully saturated rings. The summed E-state index contributed by atoms with van der Waals surface area (Å²) >= 11 is 0. The minimum Gasteiger partial charge on any atom is -0.324 e. The van der Waals surface area contributed by atoms with Crippen molar-refractivity contribution in [2.75, 3.05) is 0 Å². The van der Waals surface area contributed by atoms with Crippen LogP contribution in [0.15, 0.2) is 48.5 Å². The highest BCUT2D eigenvalue weighted by Crippen LogP contribution is 2.49. The lowest BCUT2D eigenvalue weighted by atomic mass is 9.73. The fourth-order valence-electron chi connectivity index (χ4n) is 4.66. The first kappa shape index (κ1) is 15.6. The summed E-state index contributed by atoms with van der Waals surface area (Å²) in [5.74, 6) is 1.11. The van der Waals surface area contributed by atoms with Gasteiger partial charge in [0.05, 0.1) is 10.9 Å². The van der Waals surface area contributed by atoms with E-state index in [4.69, 9.17) is 10.4 Å². The van der Waals surface area contributed by atoms with Gasteiger partial charge in [-0.25, -0.2) is 4.98 Å². The van der Waals surface area contributed by atoms with E-state index in [9.17, 15) is 0 Å². The lowest BCUT2D eigenvalue weighted by Crippen LogP contribution is -2.38. The Morgan fingerprint density at radius 2 is 1.67 bits per heavy atom. The van der Waals surface area contributed by atoms with Gasteiger partial charge in [-0.3, -0.25) is 5.41 Å². The number of benzene rings is 2. The third-order valence-corrected chi connectivity index (χ3v) is 5.67. The number of rotatable bonds is 0. The average molecular weight is 382 g/mol. The Morgan fingerprint density at radius 1 is 0.958 bits per heavy atom. The van der Waals surface area contributed by atoms with Crippen LogP contribution >= 0.6 is 17.0 Å². The lowest BCUT2D eigenvalue weighted by Gasteiger charge is -2.38. The Labute approximate surface area is 151 Å². The molecule has 5 rings (SSSR count). The van der Waals surface area contributed by atoms with E-state index in [2.05, 4.69) is 41.0 Å². The van der Waals surface area contributed by atoms with E-state index in [1.165, 1.54) is 24.0 Å². The van der Waals surface area contributed by atoms with E-state index in [0.717, 1.165) is 36.1 Å². The molecule has 3 aromatic rings. The smallest absolute Gasteiger partial charge is 0.156 e. The minimum atomic E-state index is 0. The largest absolute Gasteiger partial charge is 0.324 e. The van der Waals surface area contributed by atoms with Crippen molar-refractivity contribution in [1.82, 2.24) is 9.55 Å². The number of para-hydroxylation sites is 1. The standard InChI is InChI=1S/C20H19N3.BrH/c21-18-15-8-2-4-10-17(15)23-13-14-7-1-3-9-16(14)20(19(23)22-18)11-5-6-12-20;/h1-4,7-10,21H,5-6,11-13H2;1H. The molecule has 1 aliphatic heterocycles. The van der Waals surface area contributed by atoms with Gasteiger partial charge in [-0.1, -0.05) is 49.2 Å². The fraction of sp³-hybridized carbons (Fsp3) is 0.300. The second kappa shape index (κ2) is 5.55. The number of hydrogen-bond donors (Lipinski definition) is 1. The van der Waals surface area contributed by atoms with Gasteiger partial charge in [-0.15, -0.1) is 17.0 Å². The molecule has 0 atom stereocenters. The molecule has 4 heteroatoms. The summed E-state index contributed by atoms with van der Waals surface area (Å²) in [6.45, 7) is 0.862. The zero-order chi connectivity index (χ0) is 15.4. The molecule has 0 bridgehead atoms. The molecular formula is C20H20BrN3. The predicted octanol–water partition coefficient (Wildman–Crippen LogP) is 4.32. The van der Waals surface area contributed by atoms with Gasteiger partial charge in [0.2, 0.25) is 0 Å².